The highest BCUT2D eigenvalue weighted by Gasteiger charge is 2.52. The number of ether oxygens (including phenoxy) is 4. The smallest absolute Gasteiger partial charge is 0.208 e. The summed E-state index contributed by atoms with van der Waals surface area (Å²) in [4.78, 5) is 3.71. The predicted molar refractivity (Wildman–Crippen MR) is 230 cm³/mol. The monoisotopic (exact) mass is 1100 g/mol. The molecule has 75 heavy (non-hydrogen) atoms. The van der Waals surface area contributed by atoms with E-state index in [0.717, 1.165) is 5.75 Å². The van der Waals surface area contributed by atoms with Gasteiger partial charge in [0.2, 0.25) is 4.90 Å². The van der Waals surface area contributed by atoms with Crippen molar-refractivity contribution in [2.75, 3.05) is 46.8 Å². The predicted octanol–water partition coefficient (Wildman–Crippen LogP) is 10.7. The van der Waals surface area contributed by atoms with Gasteiger partial charge in [0.15, 0.2) is 85.3 Å². The van der Waals surface area contributed by atoms with Crippen LogP contribution in [0.3, 0.4) is 0 Å². The minimum atomic E-state index is -7.22. The number of hydrogen-bond donors (Lipinski definition) is 0. The highest BCUT2D eigenvalue weighted by Crippen LogP contribution is 2.37. The summed E-state index contributed by atoms with van der Waals surface area (Å²) in [6.07, 6.45) is -7.22. The zero-order valence-electron chi connectivity index (χ0n) is 37.5. The average molecular weight is 1100 g/mol. The highest BCUT2D eigenvalue weighted by molar-refractivity contribution is 7.97. The molecule has 4 nitrogen and oxygen atoms in total. The van der Waals surface area contributed by atoms with Crippen LogP contribution in [0.15, 0.2) is 99.6 Å². The molecule has 398 valence electrons. The Labute approximate surface area is 413 Å². The fourth-order valence-corrected chi connectivity index (χ4v) is 9.97. The van der Waals surface area contributed by atoms with Crippen LogP contribution >= 0.6 is 0 Å². The van der Waals surface area contributed by atoms with Gasteiger partial charge in [-0.15, -0.1) is 21.9 Å². The zero-order valence-corrected chi connectivity index (χ0v) is 38.3. The largest absolute Gasteiger partial charge is 0.486 e. The van der Waals surface area contributed by atoms with Crippen molar-refractivity contribution in [3.8, 4) is 5.75 Å². The van der Waals surface area contributed by atoms with Gasteiger partial charge in [-0.05, 0) is 36.4 Å². The Morgan fingerprint density at radius 2 is 0.560 bits per heavy atom. The van der Waals surface area contributed by atoms with Crippen LogP contribution in [0.4, 0.5) is 87.8 Å². The Bertz CT molecular complexity index is 2790. The maximum atomic E-state index is 15.4. The van der Waals surface area contributed by atoms with Gasteiger partial charge in [0, 0.05) is 7.11 Å². The topological polar surface area (TPSA) is 36.9 Å². The molecule has 7 aromatic carbocycles. The number of methoxy groups -OCH3 is 1. The Balaban J connectivity index is 0.000000264. The molecule has 0 heterocycles. The molecule has 0 radical (unpaired) electrons. The van der Waals surface area contributed by atoms with Crippen LogP contribution in [0.25, 0.3) is 0 Å². The van der Waals surface area contributed by atoms with Gasteiger partial charge in [-0.3, -0.25) is 0 Å². The second-order valence-corrected chi connectivity index (χ2v) is 17.2. The molecule has 7 rings (SSSR count). The number of para-hydroxylation sites is 1. The maximum Gasteiger partial charge on any atom is 0.208 e. The molecule has 0 aliphatic carbocycles. The van der Waals surface area contributed by atoms with Gasteiger partial charge in [0.1, 0.15) is 70.2 Å². The van der Waals surface area contributed by atoms with E-state index in [-0.39, 0.29) is 10.9 Å². The van der Waals surface area contributed by atoms with Crippen LogP contribution in [-0.2, 0) is 25.1 Å². The molecule has 0 N–H and O–H groups in total. The molecule has 7 aromatic rings. The molecule has 0 bridgehead atoms. The summed E-state index contributed by atoms with van der Waals surface area (Å²) < 4.78 is 316. The van der Waals surface area contributed by atoms with Gasteiger partial charge >= 0.3 is 0 Å². The molecule has 0 aliphatic heterocycles. The minimum absolute atomic E-state index is 0.237. The van der Waals surface area contributed by atoms with Crippen molar-refractivity contribution in [1.82, 2.24) is 0 Å². The lowest BCUT2D eigenvalue weighted by atomic mass is 9.12. The second-order valence-electron chi connectivity index (χ2n) is 15.2. The first-order valence-corrected chi connectivity index (χ1v) is 22.3. The van der Waals surface area contributed by atoms with Crippen LogP contribution in [-0.4, -0.2) is 52.9 Å². The van der Waals surface area contributed by atoms with E-state index in [1.807, 2.05) is 12.1 Å². The Kier molecular flexibility index (Phi) is 18.6. The second kappa shape index (κ2) is 24.3. The van der Waals surface area contributed by atoms with Gasteiger partial charge in [0.25, 0.3) is 0 Å². The van der Waals surface area contributed by atoms with Crippen molar-refractivity contribution in [2.45, 2.75) is 14.7 Å². The van der Waals surface area contributed by atoms with E-state index < -0.39 is 144 Å². The van der Waals surface area contributed by atoms with Crippen LogP contribution < -0.4 is 26.6 Å². The summed E-state index contributed by atoms with van der Waals surface area (Å²) >= 11 is 0. The molecule has 0 aliphatic rings. The highest BCUT2D eigenvalue weighted by atomic mass is 32.2. The zero-order chi connectivity index (χ0) is 55.2. The number of hydrogen-bond acceptors (Lipinski definition) is 4. The van der Waals surface area contributed by atoms with E-state index in [0.29, 0.717) is 39.6 Å². The molecule has 26 heteroatoms. The summed E-state index contributed by atoms with van der Waals surface area (Å²) in [6, 6.07) is 29.5. The molecule has 0 saturated carbocycles. The van der Waals surface area contributed by atoms with Gasteiger partial charge in [-0.1, -0.05) is 48.5 Å². The first-order chi connectivity index (χ1) is 35.6. The molecular weight excluding hydrogens is 1080 g/mol. The van der Waals surface area contributed by atoms with E-state index in [9.17, 15) is 52.7 Å². The standard InChI is InChI=1S/C25H29O4S.C24BF20/c1-26-16-17-27-18-19-28-20-21-29-24-14-8-9-15-25(24)30(22-10-4-2-5-11-22)23-12-6-3-7-13-23;26-5-1(6(27)14(35)21(42)13(5)34)25(2-7(28)15(36)22(43)16(37)8(2)29,3-9(30)17(38)23(44)18(39)10(3)31)4-11(32)19(40)24(45)20(41)12(4)33/h2-15H,16-21H2,1H3;/q+1;-1. The lowest BCUT2D eigenvalue weighted by Gasteiger charge is -2.44. The molecule has 0 fully saturated rings. The normalized spacial score (nSPS) is 11.6. The van der Waals surface area contributed by atoms with Crippen LogP contribution in [0.2, 0.25) is 0 Å². The third kappa shape index (κ3) is 10.7. The lowest BCUT2D eigenvalue weighted by molar-refractivity contribution is 0.0178. The number of halogens is 20. The van der Waals surface area contributed by atoms with Crippen molar-refractivity contribution < 1.29 is 107 Å². The van der Waals surface area contributed by atoms with E-state index in [1.165, 1.54) is 14.7 Å². The van der Waals surface area contributed by atoms with Crippen LogP contribution in [0.5, 0.6) is 5.75 Å². The lowest BCUT2D eigenvalue weighted by Crippen LogP contribution is -2.81. The Morgan fingerprint density at radius 3 is 0.867 bits per heavy atom. The number of benzene rings is 7. The summed E-state index contributed by atoms with van der Waals surface area (Å²) in [7, 11) is 1.42. The molecule has 0 unspecified atom stereocenters. The summed E-state index contributed by atoms with van der Waals surface area (Å²) in [5.74, 6) is -70.5. The van der Waals surface area contributed by atoms with Gasteiger partial charge < -0.3 is 18.9 Å². The maximum absolute atomic E-state index is 15.4. The summed E-state index contributed by atoms with van der Waals surface area (Å²) in [5, 5.41) is 0. The molecule has 0 amide bonds. The number of rotatable bonds is 17. The quantitative estimate of drug-likeness (QED) is 0.0227. The fourth-order valence-electron chi connectivity index (χ4n) is 7.79. The molecule has 0 aromatic heterocycles. The molecule has 0 spiro atoms. The molecule has 0 atom stereocenters. The fraction of sp³-hybridized carbons (Fsp3) is 0.143. The third-order valence-electron chi connectivity index (χ3n) is 11.0. The van der Waals surface area contributed by atoms with Crippen molar-refractivity contribution >= 4 is 38.9 Å². The molecule has 0 saturated heterocycles. The van der Waals surface area contributed by atoms with Crippen molar-refractivity contribution in [3.05, 3.63) is 201 Å². The SMILES string of the molecule is COCCOCCOCCOc1ccccc1[S+](c1ccccc1)c1ccccc1.Fc1c(F)c(F)c([B-](c2c(F)c(F)c(F)c(F)c2F)(c2c(F)c(F)c(F)c(F)c2F)c2c(F)c(F)c(F)c(F)c2F)c(F)c1F. The first kappa shape index (κ1) is 57.5. The van der Waals surface area contributed by atoms with Crippen LogP contribution in [0, 0.1) is 116 Å². The van der Waals surface area contributed by atoms with E-state index in [1.54, 1.807) is 7.11 Å². The van der Waals surface area contributed by atoms with Gasteiger partial charge in [0.05, 0.1) is 33.0 Å². The van der Waals surface area contributed by atoms with Crippen molar-refractivity contribution in [2.24, 2.45) is 0 Å². The first-order valence-electron chi connectivity index (χ1n) is 21.0. The minimum Gasteiger partial charge on any atom is -0.486 e. The van der Waals surface area contributed by atoms with E-state index in [2.05, 4.69) is 72.8 Å². The van der Waals surface area contributed by atoms with Gasteiger partial charge in [-0.2, -0.15) is 0 Å². The third-order valence-corrected chi connectivity index (χ3v) is 13.3. The average Bonchev–Trinajstić information content (AvgIpc) is 3.41. The summed E-state index contributed by atoms with van der Waals surface area (Å²) in [6.45, 7) is 3.32. The van der Waals surface area contributed by atoms with Crippen molar-refractivity contribution in [3.63, 3.8) is 0 Å². The van der Waals surface area contributed by atoms with E-state index in [4.69, 9.17) is 18.9 Å². The summed E-state index contributed by atoms with van der Waals surface area (Å²) in [5.41, 5.74) is -14.3. The van der Waals surface area contributed by atoms with Gasteiger partial charge in [-0.25, -0.2) is 87.8 Å². The Hall–Kier alpha value is -6.77. The molecular formula is C49H29BF20O4S. The van der Waals surface area contributed by atoms with Crippen LogP contribution in [0.1, 0.15) is 0 Å². The Morgan fingerprint density at radius 1 is 0.307 bits per heavy atom. The van der Waals surface area contributed by atoms with Crippen molar-refractivity contribution in [1.29, 1.82) is 0 Å². The van der Waals surface area contributed by atoms with E-state index >= 15 is 35.1 Å².